The maximum atomic E-state index is 8.54. The van der Waals surface area contributed by atoms with Gasteiger partial charge in [-0.05, 0) is 0 Å². The van der Waals surface area contributed by atoms with E-state index in [-0.39, 0.29) is 13.2 Å². The summed E-state index contributed by atoms with van der Waals surface area (Å²) < 4.78 is 11.5. The molecule has 0 aliphatic heterocycles. The zero-order chi connectivity index (χ0) is 9.23. The second-order valence-electron chi connectivity index (χ2n) is 2.06. The molecule has 0 fully saturated rings. The molecular weight excluding hydrogens is 196 g/mol. The first-order valence-corrected chi connectivity index (χ1v) is 6.24. The third-order valence-corrected chi connectivity index (χ3v) is 3.77. The normalized spacial score (nSPS) is 10.2. The number of rotatable bonds is 8. The van der Waals surface area contributed by atoms with Crippen LogP contribution in [0, 0.1) is 0 Å². The average Bonchev–Trinajstić information content (AvgIpc) is 2.10. The Morgan fingerprint density at radius 1 is 1.17 bits per heavy atom. The van der Waals surface area contributed by atoms with Crippen LogP contribution < -0.4 is 7.60 Å². The van der Waals surface area contributed by atoms with Crippen LogP contribution in [0.5, 0.6) is 0 Å². The fourth-order valence-corrected chi connectivity index (χ4v) is 2.67. The Kier molecular flexibility index (Phi) is 10.0. The summed E-state index contributed by atoms with van der Waals surface area (Å²) in [5.74, 6) is 0. The van der Waals surface area contributed by atoms with Crippen molar-refractivity contribution in [2.45, 2.75) is 6.92 Å². The fourth-order valence-electron chi connectivity index (χ4n) is 0.648. The number of aliphatic hydroxyl groups is 2. The van der Waals surface area contributed by atoms with Crippen molar-refractivity contribution in [1.82, 2.24) is 7.60 Å². The van der Waals surface area contributed by atoms with Gasteiger partial charge in [0.1, 0.15) is 0 Å². The van der Waals surface area contributed by atoms with Gasteiger partial charge in [-0.3, -0.25) is 0 Å². The predicted octanol–water partition coefficient (Wildman–Crippen LogP) is -1.45. The van der Waals surface area contributed by atoms with Crippen LogP contribution in [0.1, 0.15) is 6.92 Å². The van der Waals surface area contributed by atoms with E-state index in [0.29, 0.717) is 19.7 Å². The number of hydrogen-bond donors (Lipinski definition) is 4. The van der Waals surface area contributed by atoms with Crippen LogP contribution in [0.25, 0.3) is 0 Å². The van der Waals surface area contributed by atoms with Crippen LogP contribution in [0.15, 0.2) is 0 Å². The van der Waals surface area contributed by atoms with E-state index in [2.05, 4.69) is 7.60 Å². The summed E-state index contributed by atoms with van der Waals surface area (Å²) in [6.45, 7) is 3.91. The van der Waals surface area contributed by atoms with Crippen LogP contribution in [0.2, 0.25) is 0 Å². The fraction of sp³-hybridized carbons (Fsp3) is 1.00. The molecule has 73 valence electrons. The van der Waals surface area contributed by atoms with Gasteiger partial charge < -0.3 is 0 Å². The first-order chi connectivity index (χ1) is 5.85. The number of hydrogen-bond acceptors (Lipinski definition) is 5. The SMILES string of the molecule is CC[O][Ti]([NH]CCO)[NH]CCO. The predicted molar refractivity (Wildman–Crippen MR) is 41.8 cm³/mol. The second kappa shape index (κ2) is 9.60. The Morgan fingerprint density at radius 2 is 1.67 bits per heavy atom. The van der Waals surface area contributed by atoms with Gasteiger partial charge in [-0.25, -0.2) is 0 Å². The summed E-state index contributed by atoms with van der Waals surface area (Å²) in [6, 6.07) is 0. The molecule has 0 aliphatic carbocycles. The molecule has 0 amide bonds. The molecule has 6 heteroatoms. The molecule has 5 nitrogen and oxygen atoms in total. The Labute approximate surface area is 80.0 Å². The zero-order valence-corrected chi connectivity index (χ0v) is 8.90. The Balaban J connectivity index is 3.40. The second-order valence-corrected chi connectivity index (χ2v) is 4.65. The molecule has 0 bridgehead atoms. The van der Waals surface area contributed by atoms with Gasteiger partial charge in [0.05, 0.1) is 0 Å². The molecule has 0 saturated heterocycles. The number of nitrogens with one attached hydrogen (secondary N) is 2. The molecule has 0 aromatic carbocycles. The molecule has 0 heterocycles. The van der Waals surface area contributed by atoms with Crippen molar-refractivity contribution in [3.8, 4) is 0 Å². The van der Waals surface area contributed by atoms with Crippen molar-refractivity contribution in [2.24, 2.45) is 0 Å². The van der Waals surface area contributed by atoms with Crippen LogP contribution >= 0.6 is 0 Å². The van der Waals surface area contributed by atoms with Crippen molar-refractivity contribution < 1.29 is 32.3 Å². The molecule has 0 aliphatic rings. The van der Waals surface area contributed by atoms with Crippen molar-refractivity contribution >= 4 is 0 Å². The summed E-state index contributed by atoms with van der Waals surface area (Å²) in [5.41, 5.74) is 0. The Morgan fingerprint density at radius 3 is 2.00 bits per heavy atom. The third kappa shape index (κ3) is 7.18. The molecule has 0 spiro atoms. The summed E-state index contributed by atoms with van der Waals surface area (Å²) in [7, 11) is 0. The standard InChI is InChI=1S/2C2H6NO.C2H5O.Ti/c2*3-1-2-4;1-2-3;/h2*3-4H,1-2H2;2H2,1H3;/q3*-1;+3. The minimum atomic E-state index is -1.85. The molecule has 0 radical (unpaired) electrons. The maximum absolute atomic E-state index is 8.54. The monoisotopic (exact) mass is 213 g/mol. The molecule has 0 aromatic heterocycles. The first-order valence-electron chi connectivity index (χ1n) is 4.04. The van der Waals surface area contributed by atoms with Crippen LogP contribution in [0.4, 0.5) is 0 Å². The van der Waals surface area contributed by atoms with Gasteiger partial charge in [0.2, 0.25) is 0 Å². The van der Waals surface area contributed by atoms with E-state index >= 15 is 0 Å². The van der Waals surface area contributed by atoms with Gasteiger partial charge in [-0.2, -0.15) is 0 Å². The Hall–Kier alpha value is 0.514. The summed E-state index contributed by atoms with van der Waals surface area (Å²) >= 11 is -1.85. The van der Waals surface area contributed by atoms with Crippen LogP contribution in [-0.2, 0) is 22.1 Å². The topological polar surface area (TPSA) is 73.8 Å². The van der Waals surface area contributed by atoms with E-state index in [1.54, 1.807) is 0 Å². The van der Waals surface area contributed by atoms with E-state index < -0.39 is 18.8 Å². The van der Waals surface area contributed by atoms with Crippen LogP contribution in [0.3, 0.4) is 0 Å². The van der Waals surface area contributed by atoms with E-state index in [0.717, 1.165) is 0 Å². The van der Waals surface area contributed by atoms with Gasteiger partial charge >= 0.3 is 79.7 Å². The minimum absolute atomic E-state index is 0.115. The Bertz CT molecular complexity index is 88.9. The summed E-state index contributed by atoms with van der Waals surface area (Å²) in [4.78, 5) is 0. The van der Waals surface area contributed by atoms with Gasteiger partial charge in [0.15, 0.2) is 0 Å². The molecule has 0 saturated carbocycles. The van der Waals surface area contributed by atoms with Gasteiger partial charge in [0.25, 0.3) is 0 Å². The van der Waals surface area contributed by atoms with E-state index in [9.17, 15) is 0 Å². The van der Waals surface area contributed by atoms with Crippen LogP contribution in [-0.4, -0.2) is 43.1 Å². The molecule has 12 heavy (non-hydrogen) atoms. The molecule has 0 atom stereocenters. The van der Waals surface area contributed by atoms with Gasteiger partial charge in [-0.1, -0.05) is 0 Å². The van der Waals surface area contributed by atoms with E-state index in [4.69, 9.17) is 13.5 Å². The summed E-state index contributed by atoms with van der Waals surface area (Å²) in [5, 5.41) is 17.1. The zero-order valence-electron chi connectivity index (χ0n) is 7.34. The summed E-state index contributed by atoms with van der Waals surface area (Å²) in [6.07, 6.45) is 0. The quantitative estimate of drug-likeness (QED) is 0.371. The average molecular weight is 213 g/mol. The molecule has 4 N–H and O–H groups in total. The van der Waals surface area contributed by atoms with Crippen molar-refractivity contribution in [3.05, 3.63) is 0 Å². The van der Waals surface area contributed by atoms with Gasteiger partial charge in [-0.15, -0.1) is 0 Å². The van der Waals surface area contributed by atoms with E-state index in [1.165, 1.54) is 0 Å². The third-order valence-electron chi connectivity index (χ3n) is 1.08. The molecular formula is C6H17N2O3Ti. The number of aliphatic hydroxyl groups excluding tert-OH is 2. The molecule has 0 rings (SSSR count). The molecule has 0 aromatic rings. The van der Waals surface area contributed by atoms with Crippen molar-refractivity contribution in [3.63, 3.8) is 0 Å². The van der Waals surface area contributed by atoms with Crippen molar-refractivity contribution in [2.75, 3.05) is 32.9 Å². The molecule has 0 unspecified atom stereocenters. The first kappa shape index (κ1) is 12.5. The van der Waals surface area contributed by atoms with Gasteiger partial charge in [0, 0.05) is 0 Å². The van der Waals surface area contributed by atoms with E-state index in [1.807, 2.05) is 6.92 Å². The van der Waals surface area contributed by atoms with Crippen molar-refractivity contribution in [1.29, 1.82) is 0 Å².